The first kappa shape index (κ1) is 20.4. The van der Waals surface area contributed by atoms with Gasteiger partial charge in [0.05, 0.1) is 16.5 Å². The number of carbonyl (C=O) groups excluding carboxylic acids is 2. The van der Waals surface area contributed by atoms with Crippen molar-refractivity contribution in [2.75, 3.05) is 11.6 Å². The minimum atomic E-state index is -0.163. The molecule has 0 radical (unpaired) electrons. The molecule has 10 heteroatoms. The molecule has 2 heterocycles. The summed E-state index contributed by atoms with van der Waals surface area (Å²) in [6.07, 6.45) is 0. The molecule has 3 N–H and O–H groups in total. The van der Waals surface area contributed by atoms with Gasteiger partial charge in [-0.05, 0) is 44.5 Å². The summed E-state index contributed by atoms with van der Waals surface area (Å²) >= 11 is 13.3. The lowest BCUT2D eigenvalue weighted by Gasteiger charge is -2.06. The monoisotopic (exact) mass is 437 g/mol. The van der Waals surface area contributed by atoms with Gasteiger partial charge in [0, 0.05) is 21.8 Å². The zero-order valence-corrected chi connectivity index (χ0v) is 17.7. The standard InChI is InChI=1S/C18H17Cl2N5O2S/c1-8-15(10(3)26)9(2)22-16(8)14(27)7-28-18-24-23-17(25(18)21)12-6-11(19)4-5-13(12)20/h4-6,22H,7,21H2,1-3H3. The van der Waals surface area contributed by atoms with Gasteiger partial charge in [0.25, 0.3) is 0 Å². The number of rotatable bonds is 6. The molecule has 3 rings (SSSR count). The van der Waals surface area contributed by atoms with Gasteiger partial charge in [-0.15, -0.1) is 10.2 Å². The van der Waals surface area contributed by atoms with Crippen LogP contribution in [0.4, 0.5) is 0 Å². The van der Waals surface area contributed by atoms with Crippen LogP contribution in [0.5, 0.6) is 0 Å². The lowest BCUT2D eigenvalue weighted by Crippen LogP contribution is -2.13. The maximum Gasteiger partial charge on any atom is 0.210 e. The number of aryl methyl sites for hydroxylation is 1. The number of H-pyrrole nitrogens is 1. The van der Waals surface area contributed by atoms with Gasteiger partial charge in [0.1, 0.15) is 0 Å². The van der Waals surface area contributed by atoms with Gasteiger partial charge in [-0.3, -0.25) is 9.59 Å². The minimum Gasteiger partial charge on any atom is -0.355 e. The van der Waals surface area contributed by atoms with Crippen molar-refractivity contribution in [1.29, 1.82) is 0 Å². The number of halogens is 2. The first-order chi connectivity index (χ1) is 13.2. The molecule has 0 saturated carbocycles. The fourth-order valence-electron chi connectivity index (χ4n) is 2.99. The summed E-state index contributed by atoms with van der Waals surface area (Å²) in [5.41, 5.74) is 2.84. The van der Waals surface area contributed by atoms with Crippen LogP contribution in [-0.4, -0.2) is 37.2 Å². The topological polar surface area (TPSA) is 107 Å². The van der Waals surface area contributed by atoms with E-state index in [1.165, 1.54) is 11.6 Å². The highest BCUT2D eigenvalue weighted by Crippen LogP contribution is 2.30. The average Bonchev–Trinajstić information content (AvgIpc) is 3.14. The molecule has 0 atom stereocenters. The van der Waals surface area contributed by atoms with Crippen LogP contribution in [0, 0.1) is 13.8 Å². The zero-order valence-electron chi connectivity index (χ0n) is 15.3. The number of aromatic amines is 1. The fourth-order valence-corrected chi connectivity index (χ4v) is 4.09. The highest BCUT2D eigenvalue weighted by molar-refractivity contribution is 7.99. The number of hydrogen-bond donors (Lipinski definition) is 2. The van der Waals surface area contributed by atoms with Crippen molar-refractivity contribution in [2.45, 2.75) is 25.9 Å². The Morgan fingerprint density at radius 3 is 2.61 bits per heavy atom. The van der Waals surface area contributed by atoms with E-state index in [1.54, 1.807) is 32.0 Å². The third-order valence-corrected chi connectivity index (χ3v) is 5.74. The summed E-state index contributed by atoms with van der Waals surface area (Å²) in [5, 5.41) is 9.37. The maximum absolute atomic E-state index is 12.6. The third-order valence-electron chi connectivity index (χ3n) is 4.23. The van der Waals surface area contributed by atoms with Crippen LogP contribution in [0.15, 0.2) is 23.4 Å². The molecule has 0 fully saturated rings. The van der Waals surface area contributed by atoms with E-state index < -0.39 is 0 Å². The van der Waals surface area contributed by atoms with E-state index in [0.29, 0.717) is 49.1 Å². The van der Waals surface area contributed by atoms with Crippen LogP contribution in [0.2, 0.25) is 10.0 Å². The Morgan fingerprint density at radius 2 is 1.96 bits per heavy atom. The number of ketones is 2. The van der Waals surface area contributed by atoms with Gasteiger partial charge in [0.15, 0.2) is 17.4 Å². The molecule has 0 aliphatic rings. The smallest absolute Gasteiger partial charge is 0.210 e. The van der Waals surface area contributed by atoms with Crippen molar-refractivity contribution < 1.29 is 9.59 Å². The van der Waals surface area contributed by atoms with Crippen molar-refractivity contribution in [1.82, 2.24) is 19.9 Å². The number of nitrogen functional groups attached to an aromatic ring is 1. The Kier molecular flexibility index (Phi) is 5.83. The second-order valence-corrected chi connectivity index (χ2v) is 7.98. The van der Waals surface area contributed by atoms with Crippen molar-refractivity contribution in [3.05, 3.63) is 50.8 Å². The molecule has 2 aromatic heterocycles. The van der Waals surface area contributed by atoms with Crippen LogP contribution in [0.1, 0.15) is 39.0 Å². The fraction of sp³-hybridized carbons (Fsp3) is 0.222. The lowest BCUT2D eigenvalue weighted by atomic mass is 10.1. The number of hydrogen-bond acceptors (Lipinski definition) is 6. The molecular formula is C18H17Cl2N5O2S. The summed E-state index contributed by atoms with van der Waals surface area (Å²) in [5.74, 6) is 6.26. The van der Waals surface area contributed by atoms with Crippen molar-refractivity contribution >= 4 is 46.5 Å². The Labute approximate surface area is 175 Å². The predicted molar refractivity (Wildman–Crippen MR) is 111 cm³/mol. The maximum atomic E-state index is 12.6. The summed E-state index contributed by atoms with van der Waals surface area (Å²) in [6, 6.07) is 4.95. The summed E-state index contributed by atoms with van der Waals surface area (Å²) in [4.78, 5) is 27.4. The van der Waals surface area contributed by atoms with E-state index in [9.17, 15) is 9.59 Å². The SMILES string of the molecule is CC(=O)c1c(C)[nH]c(C(=O)CSc2nnc(-c3cc(Cl)ccc3Cl)n2N)c1C. The van der Waals surface area contributed by atoms with Gasteiger partial charge in [-0.1, -0.05) is 35.0 Å². The number of Topliss-reactive ketones (excluding diaryl/α,β-unsaturated/α-hetero) is 2. The second kappa shape index (κ2) is 7.98. The molecule has 3 aromatic rings. The Hall–Kier alpha value is -2.29. The highest BCUT2D eigenvalue weighted by Gasteiger charge is 2.21. The molecule has 0 bridgehead atoms. The first-order valence-electron chi connectivity index (χ1n) is 8.22. The number of nitrogens with zero attached hydrogens (tertiary/aromatic N) is 3. The summed E-state index contributed by atoms with van der Waals surface area (Å²) in [7, 11) is 0. The van der Waals surface area contributed by atoms with Gasteiger partial charge in [-0.2, -0.15) is 0 Å². The molecule has 0 amide bonds. The second-order valence-electron chi connectivity index (χ2n) is 6.19. The Morgan fingerprint density at radius 1 is 1.25 bits per heavy atom. The summed E-state index contributed by atoms with van der Waals surface area (Å²) in [6.45, 7) is 5.00. The molecule has 7 nitrogen and oxygen atoms in total. The van der Waals surface area contributed by atoms with Gasteiger partial charge >= 0.3 is 0 Å². The largest absolute Gasteiger partial charge is 0.355 e. The van der Waals surface area contributed by atoms with E-state index in [4.69, 9.17) is 29.0 Å². The lowest BCUT2D eigenvalue weighted by molar-refractivity contribution is 0.101. The van der Waals surface area contributed by atoms with Crippen LogP contribution in [0.3, 0.4) is 0 Å². The van der Waals surface area contributed by atoms with E-state index in [1.807, 2.05) is 0 Å². The Bertz CT molecular complexity index is 1090. The molecule has 28 heavy (non-hydrogen) atoms. The minimum absolute atomic E-state index is 0.0801. The average molecular weight is 438 g/mol. The van der Waals surface area contributed by atoms with Crippen LogP contribution >= 0.6 is 35.0 Å². The van der Waals surface area contributed by atoms with Gasteiger partial charge in [-0.25, -0.2) is 4.68 Å². The quantitative estimate of drug-likeness (QED) is 0.341. The number of benzene rings is 1. The number of aromatic nitrogens is 4. The molecule has 146 valence electrons. The normalized spacial score (nSPS) is 11.0. The molecule has 0 aliphatic heterocycles. The number of carbonyl (C=O) groups is 2. The molecule has 0 spiro atoms. The predicted octanol–water partition coefficient (Wildman–Crippen LogP) is 4.09. The molecular weight excluding hydrogens is 421 g/mol. The van der Waals surface area contributed by atoms with Crippen molar-refractivity contribution in [3.8, 4) is 11.4 Å². The van der Waals surface area contributed by atoms with Crippen LogP contribution < -0.4 is 5.84 Å². The summed E-state index contributed by atoms with van der Waals surface area (Å²) < 4.78 is 1.27. The van der Waals surface area contributed by atoms with E-state index in [0.717, 1.165) is 11.8 Å². The Balaban J connectivity index is 1.80. The van der Waals surface area contributed by atoms with E-state index >= 15 is 0 Å². The highest BCUT2D eigenvalue weighted by atomic mass is 35.5. The van der Waals surface area contributed by atoms with Crippen LogP contribution in [-0.2, 0) is 0 Å². The van der Waals surface area contributed by atoms with Crippen LogP contribution in [0.25, 0.3) is 11.4 Å². The number of nitrogens with one attached hydrogen (secondary N) is 1. The molecule has 1 aromatic carbocycles. The van der Waals surface area contributed by atoms with E-state index in [2.05, 4.69) is 15.2 Å². The first-order valence-corrected chi connectivity index (χ1v) is 9.96. The van der Waals surface area contributed by atoms with Gasteiger partial charge in [0.2, 0.25) is 5.16 Å². The number of thioether (sulfide) groups is 1. The zero-order chi connectivity index (χ0) is 20.6. The third kappa shape index (κ3) is 3.80. The molecule has 0 aliphatic carbocycles. The van der Waals surface area contributed by atoms with Crippen molar-refractivity contribution in [3.63, 3.8) is 0 Å². The molecule has 0 unspecified atom stereocenters. The van der Waals surface area contributed by atoms with Crippen molar-refractivity contribution in [2.24, 2.45) is 0 Å². The van der Waals surface area contributed by atoms with Gasteiger partial charge < -0.3 is 10.8 Å². The number of nitrogens with two attached hydrogens (primary N) is 1. The van der Waals surface area contributed by atoms with E-state index in [-0.39, 0.29) is 17.3 Å². The molecule has 0 saturated heterocycles.